The molecule has 0 aromatic heterocycles. The highest BCUT2D eigenvalue weighted by Crippen LogP contribution is 2.31. The Morgan fingerprint density at radius 1 is 1.19 bits per heavy atom. The van der Waals surface area contributed by atoms with Crippen molar-refractivity contribution in [3.63, 3.8) is 0 Å². The summed E-state index contributed by atoms with van der Waals surface area (Å²) >= 11 is 6.07. The molecule has 1 heterocycles. The molecule has 1 aliphatic rings. The second-order valence-electron chi connectivity index (χ2n) is 4.36. The lowest BCUT2D eigenvalue weighted by molar-refractivity contribution is 0.312. The van der Waals surface area contributed by atoms with Crippen LogP contribution >= 0.6 is 11.6 Å². The maximum atomic E-state index is 9.74. The van der Waals surface area contributed by atoms with Crippen LogP contribution in [-0.4, -0.2) is 43.2 Å². The zero-order valence-corrected chi connectivity index (χ0v) is 10.5. The lowest BCUT2D eigenvalue weighted by Crippen LogP contribution is -2.44. The summed E-state index contributed by atoms with van der Waals surface area (Å²) in [6.45, 7) is 5.88. The molecule has 16 heavy (non-hydrogen) atoms. The van der Waals surface area contributed by atoms with Crippen LogP contribution in [0.25, 0.3) is 0 Å². The average Bonchev–Trinajstić information content (AvgIpc) is 2.26. The molecule has 2 rings (SSSR count). The first kappa shape index (κ1) is 11.6. The summed E-state index contributed by atoms with van der Waals surface area (Å²) < 4.78 is 0. The minimum atomic E-state index is 0.279. The highest BCUT2D eigenvalue weighted by Gasteiger charge is 2.16. The summed E-state index contributed by atoms with van der Waals surface area (Å²) in [5.41, 5.74) is 1.76. The van der Waals surface area contributed by atoms with Crippen molar-refractivity contribution in [2.24, 2.45) is 0 Å². The predicted octanol–water partition coefficient (Wildman–Crippen LogP) is 2.11. The summed E-state index contributed by atoms with van der Waals surface area (Å²) in [4.78, 5) is 4.55. The lowest BCUT2D eigenvalue weighted by Gasteiger charge is -2.34. The average molecular weight is 241 g/mol. The van der Waals surface area contributed by atoms with Crippen LogP contribution in [0, 0.1) is 6.92 Å². The van der Waals surface area contributed by atoms with Crippen LogP contribution in [0.3, 0.4) is 0 Å². The Balaban J connectivity index is 2.21. The fourth-order valence-corrected chi connectivity index (χ4v) is 2.11. The monoisotopic (exact) mass is 240 g/mol. The van der Waals surface area contributed by atoms with Gasteiger partial charge in [-0.3, -0.25) is 0 Å². The van der Waals surface area contributed by atoms with Crippen LogP contribution in [0.5, 0.6) is 5.75 Å². The molecule has 0 unspecified atom stereocenters. The molecule has 1 fully saturated rings. The smallest absolute Gasteiger partial charge is 0.122 e. The molecule has 1 N–H and O–H groups in total. The van der Waals surface area contributed by atoms with E-state index in [1.807, 2.05) is 13.0 Å². The van der Waals surface area contributed by atoms with E-state index in [9.17, 15) is 5.11 Å². The molecule has 88 valence electrons. The van der Waals surface area contributed by atoms with E-state index in [2.05, 4.69) is 16.8 Å². The third-order valence-electron chi connectivity index (χ3n) is 3.17. The van der Waals surface area contributed by atoms with Crippen molar-refractivity contribution in [3.05, 3.63) is 22.7 Å². The number of rotatable bonds is 1. The van der Waals surface area contributed by atoms with Crippen LogP contribution in [-0.2, 0) is 0 Å². The summed E-state index contributed by atoms with van der Waals surface area (Å²) in [5, 5.41) is 10.4. The van der Waals surface area contributed by atoms with Gasteiger partial charge in [-0.25, -0.2) is 0 Å². The van der Waals surface area contributed by atoms with Crippen molar-refractivity contribution in [1.82, 2.24) is 4.90 Å². The van der Waals surface area contributed by atoms with Gasteiger partial charge < -0.3 is 14.9 Å². The number of nitrogens with zero attached hydrogens (tertiary/aromatic N) is 2. The first-order valence-corrected chi connectivity index (χ1v) is 5.88. The van der Waals surface area contributed by atoms with Gasteiger partial charge in [0.15, 0.2) is 0 Å². The molecule has 3 nitrogen and oxygen atoms in total. The molecule has 4 heteroatoms. The van der Waals surface area contributed by atoms with Crippen molar-refractivity contribution >= 4 is 17.3 Å². The van der Waals surface area contributed by atoms with E-state index in [-0.39, 0.29) is 5.75 Å². The Labute approximate surface area is 101 Å². The van der Waals surface area contributed by atoms with Crippen LogP contribution in [0.1, 0.15) is 5.56 Å². The van der Waals surface area contributed by atoms with Crippen LogP contribution in [0.2, 0.25) is 5.02 Å². The number of hydrogen-bond donors (Lipinski definition) is 1. The van der Waals surface area contributed by atoms with E-state index in [1.165, 1.54) is 0 Å². The van der Waals surface area contributed by atoms with Gasteiger partial charge >= 0.3 is 0 Å². The molecule has 1 aromatic carbocycles. The van der Waals surface area contributed by atoms with Crippen molar-refractivity contribution in [2.45, 2.75) is 6.92 Å². The molecule has 0 atom stereocenters. The highest BCUT2D eigenvalue weighted by molar-refractivity contribution is 6.31. The zero-order valence-electron chi connectivity index (χ0n) is 9.70. The summed E-state index contributed by atoms with van der Waals surface area (Å²) in [6, 6.07) is 3.73. The molecular weight excluding hydrogens is 224 g/mol. The molecule has 0 amide bonds. The second kappa shape index (κ2) is 4.52. The Hall–Kier alpha value is -0.930. The minimum Gasteiger partial charge on any atom is -0.508 e. The Morgan fingerprint density at radius 3 is 2.38 bits per heavy atom. The number of anilines is 1. The summed E-state index contributed by atoms with van der Waals surface area (Å²) in [6.07, 6.45) is 0. The highest BCUT2D eigenvalue weighted by atomic mass is 35.5. The molecule has 0 radical (unpaired) electrons. The van der Waals surface area contributed by atoms with Gasteiger partial charge in [0.2, 0.25) is 0 Å². The van der Waals surface area contributed by atoms with Crippen LogP contribution in [0.4, 0.5) is 5.69 Å². The minimum absolute atomic E-state index is 0.279. The van der Waals surface area contributed by atoms with Crippen molar-refractivity contribution in [2.75, 3.05) is 38.1 Å². The van der Waals surface area contributed by atoms with Crippen LogP contribution < -0.4 is 4.90 Å². The zero-order chi connectivity index (χ0) is 11.7. The van der Waals surface area contributed by atoms with E-state index in [1.54, 1.807) is 6.07 Å². The maximum Gasteiger partial charge on any atom is 0.122 e. The number of likely N-dealkylation sites (N-methyl/N-ethyl adjacent to an activating group) is 1. The second-order valence-corrected chi connectivity index (χ2v) is 4.77. The Morgan fingerprint density at radius 2 is 1.81 bits per heavy atom. The van der Waals surface area contributed by atoms with Gasteiger partial charge in [-0.05, 0) is 20.0 Å². The van der Waals surface area contributed by atoms with Crippen molar-refractivity contribution < 1.29 is 5.11 Å². The van der Waals surface area contributed by atoms with E-state index in [0.29, 0.717) is 5.02 Å². The van der Waals surface area contributed by atoms with Gasteiger partial charge in [0.1, 0.15) is 5.75 Å². The largest absolute Gasteiger partial charge is 0.508 e. The molecule has 0 saturated carbocycles. The topological polar surface area (TPSA) is 26.7 Å². The number of halogens is 1. The van der Waals surface area contributed by atoms with Gasteiger partial charge in [-0.15, -0.1) is 0 Å². The number of benzene rings is 1. The number of phenols is 1. The Kier molecular flexibility index (Phi) is 3.26. The fraction of sp³-hybridized carbons (Fsp3) is 0.500. The third-order valence-corrected chi connectivity index (χ3v) is 3.56. The molecule has 0 aliphatic carbocycles. The van der Waals surface area contributed by atoms with E-state index in [0.717, 1.165) is 37.4 Å². The van der Waals surface area contributed by atoms with Gasteiger partial charge in [0, 0.05) is 48.5 Å². The third kappa shape index (κ3) is 2.25. The van der Waals surface area contributed by atoms with Gasteiger partial charge in [-0.2, -0.15) is 0 Å². The summed E-state index contributed by atoms with van der Waals surface area (Å²) in [7, 11) is 2.12. The predicted molar refractivity (Wildman–Crippen MR) is 67.6 cm³/mol. The normalized spacial score (nSPS) is 17.8. The molecular formula is C12H17ClN2O. The standard InChI is InChI=1S/C12H17ClN2O/c1-9-11(13)7-10(8-12(9)16)15-5-3-14(2)4-6-15/h7-8,16H,3-6H2,1-2H3. The fourth-order valence-electron chi connectivity index (χ4n) is 1.90. The molecule has 0 spiro atoms. The quantitative estimate of drug-likeness (QED) is 0.815. The van der Waals surface area contributed by atoms with E-state index in [4.69, 9.17) is 11.6 Å². The lowest BCUT2D eigenvalue weighted by atomic mass is 10.1. The first-order valence-electron chi connectivity index (χ1n) is 5.50. The number of piperazine rings is 1. The van der Waals surface area contributed by atoms with Gasteiger partial charge in [0.25, 0.3) is 0 Å². The van der Waals surface area contributed by atoms with Crippen LogP contribution in [0.15, 0.2) is 12.1 Å². The first-order chi connectivity index (χ1) is 7.58. The van der Waals surface area contributed by atoms with Crippen molar-refractivity contribution in [3.8, 4) is 5.75 Å². The number of aromatic hydroxyl groups is 1. The molecule has 1 saturated heterocycles. The number of hydrogen-bond acceptors (Lipinski definition) is 3. The van der Waals surface area contributed by atoms with E-state index >= 15 is 0 Å². The SMILES string of the molecule is Cc1c(O)cc(N2CCN(C)CC2)cc1Cl. The van der Waals surface area contributed by atoms with Crippen molar-refractivity contribution in [1.29, 1.82) is 0 Å². The molecule has 0 bridgehead atoms. The molecule has 1 aliphatic heterocycles. The van der Waals surface area contributed by atoms with Gasteiger partial charge in [0.05, 0.1) is 0 Å². The molecule has 1 aromatic rings. The number of phenolic OH excluding ortho intramolecular Hbond substituents is 1. The Bertz CT molecular complexity index is 364. The maximum absolute atomic E-state index is 9.74. The summed E-state index contributed by atoms with van der Waals surface area (Å²) in [5.74, 6) is 0.279. The van der Waals surface area contributed by atoms with Gasteiger partial charge in [-0.1, -0.05) is 11.6 Å². The van der Waals surface area contributed by atoms with E-state index < -0.39 is 0 Å².